The SMILES string of the molecule is Clc1cccc2[nH]c(C3CCCC3)cc12. The molecule has 0 spiro atoms. The van der Waals surface area contributed by atoms with Crippen LogP contribution in [0.4, 0.5) is 0 Å². The fourth-order valence-corrected chi connectivity index (χ4v) is 2.83. The quantitative estimate of drug-likeness (QED) is 0.728. The predicted molar refractivity (Wildman–Crippen MR) is 64.5 cm³/mol. The summed E-state index contributed by atoms with van der Waals surface area (Å²) in [5, 5.41) is 2.02. The monoisotopic (exact) mass is 219 g/mol. The first-order valence-corrected chi connectivity index (χ1v) is 5.99. The predicted octanol–water partition coefficient (Wildman–Crippen LogP) is 4.48. The van der Waals surface area contributed by atoms with E-state index in [1.165, 1.54) is 42.3 Å². The second-order valence-corrected chi connectivity index (χ2v) is 4.81. The number of aromatic amines is 1. The summed E-state index contributed by atoms with van der Waals surface area (Å²) >= 11 is 6.16. The van der Waals surface area contributed by atoms with E-state index in [9.17, 15) is 0 Å². The standard InChI is InChI=1S/C13H14ClN/c14-11-6-3-7-12-10(11)8-13(15-12)9-4-1-2-5-9/h3,6-9,15H,1-2,4-5H2. The minimum atomic E-state index is 0.730. The van der Waals surface area contributed by atoms with Crippen molar-refractivity contribution in [3.63, 3.8) is 0 Å². The van der Waals surface area contributed by atoms with Crippen molar-refractivity contribution in [1.82, 2.24) is 4.98 Å². The Morgan fingerprint density at radius 1 is 1.20 bits per heavy atom. The molecular formula is C13H14ClN. The van der Waals surface area contributed by atoms with Gasteiger partial charge in [0.1, 0.15) is 0 Å². The fraction of sp³-hybridized carbons (Fsp3) is 0.385. The van der Waals surface area contributed by atoms with Gasteiger partial charge in [0.05, 0.1) is 0 Å². The van der Waals surface area contributed by atoms with Gasteiger partial charge in [-0.15, -0.1) is 0 Å². The van der Waals surface area contributed by atoms with Gasteiger partial charge in [0.2, 0.25) is 0 Å². The molecule has 3 rings (SSSR count). The average molecular weight is 220 g/mol. The van der Waals surface area contributed by atoms with Crippen molar-refractivity contribution in [3.8, 4) is 0 Å². The first-order chi connectivity index (χ1) is 7.34. The maximum Gasteiger partial charge on any atom is 0.0499 e. The lowest BCUT2D eigenvalue weighted by Gasteiger charge is -2.04. The lowest BCUT2D eigenvalue weighted by molar-refractivity contribution is 0.705. The van der Waals surface area contributed by atoms with Crippen LogP contribution in [0, 0.1) is 0 Å². The van der Waals surface area contributed by atoms with Crippen molar-refractivity contribution in [1.29, 1.82) is 0 Å². The summed E-state index contributed by atoms with van der Waals surface area (Å²) in [6.45, 7) is 0. The van der Waals surface area contributed by atoms with Gasteiger partial charge in [-0.05, 0) is 37.0 Å². The molecule has 1 heterocycles. The van der Waals surface area contributed by atoms with Crippen LogP contribution in [-0.4, -0.2) is 4.98 Å². The Morgan fingerprint density at radius 2 is 2.00 bits per heavy atom. The van der Waals surface area contributed by atoms with E-state index in [1.807, 2.05) is 12.1 Å². The second kappa shape index (κ2) is 3.57. The second-order valence-electron chi connectivity index (χ2n) is 4.41. The number of rotatable bonds is 1. The van der Waals surface area contributed by atoms with Crippen LogP contribution in [-0.2, 0) is 0 Å². The summed E-state index contributed by atoms with van der Waals surface area (Å²) in [6.07, 6.45) is 5.39. The van der Waals surface area contributed by atoms with Gasteiger partial charge in [0.25, 0.3) is 0 Å². The van der Waals surface area contributed by atoms with Crippen LogP contribution in [0.3, 0.4) is 0 Å². The van der Waals surface area contributed by atoms with Crippen molar-refractivity contribution in [2.24, 2.45) is 0 Å². The molecule has 15 heavy (non-hydrogen) atoms. The summed E-state index contributed by atoms with van der Waals surface area (Å²) in [5.74, 6) is 0.730. The van der Waals surface area contributed by atoms with E-state index < -0.39 is 0 Å². The lowest BCUT2D eigenvalue weighted by atomic mass is 10.0. The van der Waals surface area contributed by atoms with Crippen LogP contribution in [0.15, 0.2) is 24.3 Å². The molecule has 0 unspecified atom stereocenters. The van der Waals surface area contributed by atoms with Crippen LogP contribution >= 0.6 is 11.6 Å². The third-order valence-electron chi connectivity index (χ3n) is 3.43. The number of hydrogen-bond acceptors (Lipinski definition) is 0. The molecule has 2 aromatic rings. The highest BCUT2D eigenvalue weighted by molar-refractivity contribution is 6.35. The number of halogens is 1. The minimum absolute atomic E-state index is 0.730. The molecule has 0 saturated heterocycles. The van der Waals surface area contributed by atoms with E-state index in [-0.39, 0.29) is 0 Å². The zero-order valence-electron chi connectivity index (χ0n) is 8.59. The number of fused-ring (bicyclic) bond motifs is 1. The third-order valence-corrected chi connectivity index (χ3v) is 3.76. The molecule has 1 nitrogen and oxygen atoms in total. The summed E-state index contributed by atoms with van der Waals surface area (Å²) in [6, 6.07) is 8.28. The highest BCUT2D eigenvalue weighted by Crippen LogP contribution is 2.36. The Kier molecular flexibility index (Phi) is 2.21. The van der Waals surface area contributed by atoms with Gasteiger partial charge < -0.3 is 4.98 Å². The molecule has 0 radical (unpaired) electrons. The molecule has 0 aliphatic heterocycles. The molecule has 1 aliphatic carbocycles. The van der Waals surface area contributed by atoms with Gasteiger partial charge in [-0.2, -0.15) is 0 Å². The molecular weight excluding hydrogens is 206 g/mol. The number of H-pyrrole nitrogens is 1. The Bertz CT molecular complexity index is 480. The highest BCUT2D eigenvalue weighted by Gasteiger charge is 2.19. The summed E-state index contributed by atoms with van der Waals surface area (Å²) in [5.41, 5.74) is 2.54. The van der Waals surface area contributed by atoms with Gasteiger partial charge >= 0.3 is 0 Å². The van der Waals surface area contributed by atoms with Gasteiger partial charge in [0.15, 0.2) is 0 Å². The van der Waals surface area contributed by atoms with E-state index in [0.29, 0.717) is 0 Å². The normalized spacial score (nSPS) is 17.7. The van der Waals surface area contributed by atoms with Crippen molar-refractivity contribution in [2.75, 3.05) is 0 Å². The summed E-state index contributed by atoms with van der Waals surface area (Å²) < 4.78 is 0. The van der Waals surface area contributed by atoms with Crippen molar-refractivity contribution < 1.29 is 0 Å². The van der Waals surface area contributed by atoms with E-state index in [0.717, 1.165) is 10.9 Å². The van der Waals surface area contributed by atoms with Crippen molar-refractivity contribution in [2.45, 2.75) is 31.6 Å². The number of aromatic nitrogens is 1. The highest BCUT2D eigenvalue weighted by atomic mass is 35.5. The van der Waals surface area contributed by atoms with Crippen molar-refractivity contribution >= 4 is 22.5 Å². The molecule has 1 saturated carbocycles. The molecule has 78 valence electrons. The van der Waals surface area contributed by atoms with Gasteiger partial charge in [-0.1, -0.05) is 30.5 Å². The van der Waals surface area contributed by atoms with E-state index >= 15 is 0 Å². The average Bonchev–Trinajstić information content (AvgIpc) is 2.86. The maximum absolute atomic E-state index is 6.16. The first-order valence-electron chi connectivity index (χ1n) is 5.62. The van der Waals surface area contributed by atoms with Crippen LogP contribution in [0.1, 0.15) is 37.3 Å². The largest absolute Gasteiger partial charge is 0.358 e. The number of benzene rings is 1. The molecule has 0 bridgehead atoms. The zero-order chi connectivity index (χ0) is 10.3. The van der Waals surface area contributed by atoms with E-state index in [1.54, 1.807) is 0 Å². The van der Waals surface area contributed by atoms with E-state index in [2.05, 4.69) is 17.1 Å². The molecule has 1 fully saturated rings. The molecule has 1 aromatic carbocycles. The molecule has 0 amide bonds. The molecule has 0 atom stereocenters. The van der Waals surface area contributed by atoms with Crippen LogP contribution in [0.25, 0.3) is 10.9 Å². The Balaban J connectivity index is 2.09. The zero-order valence-corrected chi connectivity index (χ0v) is 9.35. The Morgan fingerprint density at radius 3 is 2.73 bits per heavy atom. The Labute approximate surface area is 94.4 Å². The van der Waals surface area contributed by atoms with E-state index in [4.69, 9.17) is 11.6 Å². The van der Waals surface area contributed by atoms with Crippen LogP contribution < -0.4 is 0 Å². The molecule has 1 N–H and O–H groups in total. The Hall–Kier alpha value is -0.950. The van der Waals surface area contributed by atoms with Crippen LogP contribution in [0.5, 0.6) is 0 Å². The van der Waals surface area contributed by atoms with Gasteiger partial charge in [-0.3, -0.25) is 0 Å². The smallest absolute Gasteiger partial charge is 0.0499 e. The maximum atomic E-state index is 6.16. The summed E-state index contributed by atoms with van der Waals surface area (Å²) in [7, 11) is 0. The fourth-order valence-electron chi connectivity index (χ4n) is 2.60. The number of hydrogen-bond donors (Lipinski definition) is 1. The summed E-state index contributed by atoms with van der Waals surface area (Å²) in [4.78, 5) is 3.49. The van der Waals surface area contributed by atoms with Crippen LogP contribution in [0.2, 0.25) is 5.02 Å². The van der Waals surface area contributed by atoms with Gasteiger partial charge in [0, 0.05) is 21.6 Å². The number of nitrogens with one attached hydrogen (secondary N) is 1. The molecule has 2 heteroatoms. The first kappa shape index (κ1) is 9.29. The minimum Gasteiger partial charge on any atom is -0.358 e. The third kappa shape index (κ3) is 1.55. The van der Waals surface area contributed by atoms with Gasteiger partial charge in [-0.25, -0.2) is 0 Å². The lowest BCUT2D eigenvalue weighted by Crippen LogP contribution is -1.90. The topological polar surface area (TPSA) is 15.8 Å². The van der Waals surface area contributed by atoms with Crippen molar-refractivity contribution in [3.05, 3.63) is 35.0 Å². The molecule has 1 aliphatic rings. The molecule has 1 aromatic heterocycles.